The molecule has 2 rings (SSSR count). The van der Waals surface area contributed by atoms with Gasteiger partial charge in [0.25, 0.3) is 0 Å². The summed E-state index contributed by atoms with van der Waals surface area (Å²) in [5.74, 6) is 1.37. The largest absolute Gasteiger partial charge is 0.491 e. The smallest absolute Gasteiger partial charge is 0.150 e. The van der Waals surface area contributed by atoms with Crippen molar-refractivity contribution >= 4 is 12.0 Å². The first-order valence-corrected chi connectivity index (χ1v) is 11.3. The van der Waals surface area contributed by atoms with Gasteiger partial charge in [-0.25, -0.2) is 0 Å². The number of benzene rings is 2. The Labute approximate surface area is 201 Å². The average molecular weight is 478 g/mol. The number of rotatable bonds is 21. The van der Waals surface area contributed by atoms with Crippen LogP contribution in [0.4, 0.5) is 5.69 Å². The molecule has 188 valence electrons. The van der Waals surface area contributed by atoms with Crippen LogP contribution in [0.3, 0.4) is 0 Å². The van der Waals surface area contributed by atoms with E-state index in [9.17, 15) is 4.79 Å². The molecule has 0 saturated carbocycles. The molecule has 0 radical (unpaired) electrons. The van der Waals surface area contributed by atoms with E-state index in [0.717, 1.165) is 6.29 Å². The number of hydrogen-bond donors (Lipinski definition) is 1. The van der Waals surface area contributed by atoms with E-state index in [1.54, 1.807) is 30.3 Å². The predicted molar refractivity (Wildman–Crippen MR) is 128 cm³/mol. The first-order chi connectivity index (χ1) is 16.8. The van der Waals surface area contributed by atoms with E-state index in [2.05, 4.69) is 0 Å². The molecule has 0 aliphatic heterocycles. The summed E-state index contributed by atoms with van der Waals surface area (Å²) >= 11 is 0. The number of carbonyl (C=O) groups is 1. The lowest BCUT2D eigenvalue weighted by Gasteiger charge is -2.10. The summed E-state index contributed by atoms with van der Waals surface area (Å²) in [7, 11) is 0. The molecule has 0 aliphatic rings. The van der Waals surface area contributed by atoms with Crippen LogP contribution in [-0.2, 0) is 23.7 Å². The number of nitrogens with two attached hydrogens (primary N) is 1. The Hall–Kier alpha value is -2.69. The van der Waals surface area contributed by atoms with Gasteiger partial charge in [0.15, 0.2) is 0 Å². The lowest BCUT2D eigenvalue weighted by atomic mass is 10.2. The third-order valence-electron chi connectivity index (χ3n) is 4.40. The molecule has 0 atom stereocenters. The zero-order valence-electron chi connectivity index (χ0n) is 19.5. The molecule has 0 saturated heterocycles. The monoisotopic (exact) mass is 477 g/mol. The number of para-hydroxylation sites is 2. The average Bonchev–Trinajstić information content (AvgIpc) is 2.86. The number of aldehydes is 1. The molecule has 0 heterocycles. The summed E-state index contributed by atoms with van der Waals surface area (Å²) in [4.78, 5) is 10.6. The molecule has 34 heavy (non-hydrogen) atoms. The summed E-state index contributed by atoms with van der Waals surface area (Å²) < 4.78 is 38.3. The van der Waals surface area contributed by atoms with Crippen molar-refractivity contribution in [3.05, 3.63) is 54.1 Å². The Bertz CT molecular complexity index is 772. The molecule has 0 spiro atoms. The molecule has 0 amide bonds. The number of carbonyl (C=O) groups excluding carboxylic acids is 1. The van der Waals surface area contributed by atoms with E-state index in [4.69, 9.17) is 38.9 Å². The molecule has 9 nitrogen and oxygen atoms in total. The summed E-state index contributed by atoms with van der Waals surface area (Å²) in [5.41, 5.74) is 7.04. The van der Waals surface area contributed by atoms with E-state index in [1.165, 1.54) is 0 Å². The quantitative estimate of drug-likeness (QED) is 0.165. The van der Waals surface area contributed by atoms with Crippen molar-refractivity contribution < 1.29 is 38.0 Å². The van der Waals surface area contributed by atoms with Gasteiger partial charge in [-0.05, 0) is 36.4 Å². The Morgan fingerprint density at radius 2 is 1.00 bits per heavy atom. The van der Waals surface area contributed by atoms with Gasteiger partial charge in [-0.15, -0.1) is 0 Å². The van der Waals surface area contributed by atoms with Gasteiger partial charge in [-0.1, -0.05) is 12.1 Å². The molecule has 2 aromatic carbocycles. The highest BCUT2D eigenvalue weighted by Crippen LogP contribution is 2.19. The van der Waals surface area contributed by atoms with Gasteiger partial charge in [0.2, 0.25) is 0 Å². The maximum atomic E-state index is 10.6. The molecule has 0 bridgehead atoms. The molecular formula is C25H35NO8. The van der Waals surface area contributed by atoms with Crippen molar-refractivity contribution in [3.8, 4) is 11.5 Å². The van der Waals surface area contributed by atoms with Crippen LogP contribution in [0.1, 0.15) is 10.4 Å². The van der Waals surface area contributed by atoms with Gasteiger partial charge < -0.3 is 38.9 Å². The van der Waals surface area contributed by atoms with Crippen molar-refractivity contribution in [3.63, 3.8) is 0 Å². The minimum Gasteiger partial charge on any atom is -0.491 e. The summed E-state index contributed by atoms with van der Waals surface area (Å²) in [6, 6.07) is 14.3. The van der Waals surface area contributed by atoms with Crippen LogP contribution < -0.4 is 15.2 Å². The van der Waals surface area contributed by atoms with E-state index >= 15 is 0 Å². The Morgan fingerprint density at radius 3 is 1.47 bits per heavy atom. The fourth-order valence-electron chi connectivity index (χ4n) is 2.67. The zero-order chi connectivity index (χ0) is 24.1. The van der Waals surface area contributed by atoms with Crippen LogP contribution >= 0.6 is 0 Å². The zero-order valence-corrected chi connectivity index (χ0v) is 19.5. The highest BCUT2D eigenvalue weighted by molar-refractivity contribution is 5.74. The van der Waals surface area contributed by atoms with Crippen LogP contribution in [0, 0.1) is 0 Å². The normalized spacial score (nSPS) is 10.8. The molecule has 0 aromatic heterocycles. The van der Waals surface area contributed by atoms with Crippen molar-refractivity contribution in [2.45, 2.75) is 0 Å². The van der Waals surface area contributed by atoms with E-state index in [0.29, 0.717) is 102 Å². The van der Waals surface area contributed by atoms with E-state index in [1.807, 2.05) is 18.2 Å². The van der Waals surface area contributed by atoms with Gasteiger partial charge in [0.1, 0.15) is 31.0 Å². The second-order valence-electron chi connectivity index (χ2n) is 6.98. The summed E-state index contributed by atoms with van der Waals surface area (Å²) in [6.07, 6.45) is 0.798. The highest BCUT2D eigenvalue weighted by atomic mass is 16.6. The van der Waals surface area contributed by atoms with Gasteiger partial charge in [-0.2, -0.15) is 0 Å². The third-order valence-corrected chi connectivity index (χ3v) is 4.40. The first kappa shape index (κ1) is 27.6. The molecule has 9 heteroatoms. The first-order valence-electron chi connectivity index (χ1n) is 11.3. The molecule has 0 unspecified atom stereocenters. The van der Waals surface area contributed by atoms with Gasteiger partial charge in [0, 0.05) is 5.56 Å². The fraction of sp³-hybridized carbons (Fsp3) is 0.480. The van der Waals surface area contributed by atoms with Crippen molar-refractivity contribution in [2.24, 2.45) is 0 Å². The standard InChI is InChI=1S/C25H35NO8/c26-24-3-1-2-4-25(24)34-20-18-32-16-14-30-12-10-28-9-11-29-13-15-31-17-19-33-23-7-5-22(21-27)6-8-23/h1-8,21H,9-20,26H2. The van der Waals surface area contributed by atoms with Gasteiger partial charge in [0.05, 0.1) is 71.8 Å². The molecule has 0 fully saturated rings. The van der Waals surface area contributed by atoms with Crippen LogP contribution in [0.5, 0.6) is 11.5 Å². The maximum absolute atomic E-state index is 10.6. The molecule has 2 aromatic rings. The van der Waals surface area contributed by atoms with Gasteiger partial charge >= 0.3 is 0 Å². The van der Waals surface area contributed by atoms with Crippen molar-refractivity contribution in [2.75, 3.05) is 85.0 Å². The lowest BCUT2D eigenvalue weighted by Crippen LogP contribution is -2.15. The number of ether oxygens (including phenoxy) is 7. The Morgan fingerprint density at radius 1 is 0.559 bits per heavy atom. The van der Waals surface area contributed by atoms with E-state index < -0.39 is 0 Å². The van der Waals surface area contributed by atoms with Crippen molar-refractivity contribution in [1.29, 1.82) is 0 Å². The summed E-state index contributed by atoms with van der Waals surface area (Å²) in [5, 5.41) is 0. The predicted octanol–water partition coefficient (Wildman–Crippen LogP) is 2.62. The van der Waals surface area contributed by atoms with Crippen LogP contribution in [0.25, 0.3) is 0 Å². The topological polar surface area (TPSA) is 108 Å². The molecular weight excluding hydrogens is 442 g/mol. The molecule has 0 aliphatic carbocycles. The Kier molecular flexibility index (Phi) is 15.2. The third kappa shape index (κ3) is 13.1. The number of nitrogen functional groups attached to an aromatic ring is 1. The Balaban J connectivity index is 1.25. The molecule has 2 N–H and O–H groups in total. The lowest BCUT2D eigenvalue weighted by molar-refractivity contribution is -0.0141. The minimum absolute atomic E-state index is 0.436. The van der Waals surface area contributed by atoms with E-state index in [-0.39, 0.29) is 0 Å². The number of anilines is 1. The van der Waals surface area contributed by atoms with Crippen molar-refractivity contribution in [1.82, 2.24) is 0 Å². The van der Waals surface area contributed by atoms with Crippen LogP contribution in [-0.4, -0.2) is 85.6 Å². The number of hydrogen-bond acceptors (Lipinski definition) is 9. The second-order valence-corrected chi connectivity index (χ2v) is 6.98. The maximum Gasteiger partial charge on any atom is 0.150 e. The SMILES string of the molecule is Nc1ccccc1OCCOCCOCCOCCOCCOCCOc1ccc(C=O)cc1. The van der Waals surface area contributed by atoms with Crippen LogP contribution in [0.15, 0.2) is 48.5 Å². The second kappa shape index (κ2) is 18.7. The summed E-state index contributed by atoms with van der Waals surface area (Å²) in [6.45, 7) is 5.78. The highest BCUT2D eigenvalue weighted by Gasteiger charge is 1.99. The fourth-order valence-corrected chi connectivity index (χ4v) is 2.67. The minimum atomic E-state index is 0.436. The van der Waals surface area contributed by atoms with Crippen LogP contribution in [0.2, 0.25) is 0 Å². The van der Waals surface area contributed by atoms with Gasteiger partial charge in [-0.3, -0.25) is 4.79 Å².